The number of aromatic nitrogens is 2. The fourth-order valence-corrected chi connectivity index (χ4v) is 3.10. The highest BCUT2D eigenvalue weighted by Gasteiger charge is 2.06. The van der Waals surface area contributed by atoms with Crippen LogP contribution in [0.1, 0.15) is 28.7 Å². The molecule has 0 amide bonds. The number of nitrogens with zero attached hydrogens (tertiary/aromatic N) is 2. The number of benzene rings is 1. The van der Waals surface area contributed by atoms with E-state index in [0.29, 0.717) is 22.8 Å². The van der Waals surface area contributed by atoms with Gasteiger partial charge in [0, 0.05) is 28.4 Å². The Balaban J connectivity index is 1.79. The number of hydrogen-bond donors (Lipinski definition) is 1. The lowest BCUT2D eigenvalue weighted by molar-refractivity contribution is 0.101. The van der Waals surface area contributed by atoms with Gasteiger partial charge in [0.2, 0.25) is 0 Å². The summed E-state index contributed by atoms with van der Waals surface area (Å²) in [5.74, 6) is 0.0414. The number of Topliss-reactive ketones (excluding diaryl/α,β-unsaturated/α-hetero) is 1. The lowest BCUT2D eigenvalue weighted by Gasteiger charge is -2.07. The van der Waals surface area contributed by atoms with Gasteiger partial charge in [-0.2, -0.15) is 0 Å². The molecule has 1 N–H and O–H groups in total. The minimum Gasteiger partial charge on any atom is -0.379 e. The van der Waals surface area contributed by atoms with Gasteiger partial charge in [-0.1, -0.05) is 0 Å². The molecular formula is C16H15N3O2S. The van der Waals surface area contributed by atoms with Crippen molar-refractivity contribution in [2.45, 2.75) is 20.4 Å². The summed E-state index contributed by atoms with van der Waals surface area (Å²) in [6, 6.07) is 8.79. The fourth-order valence-electron chi connectivity index (χ4n) is 2.21. The largest absolute Gasteiger partial charge is 0.379 e. The maximum Gasteiger partial charge on any atom is 0.259 e. The van der Waals surface area contributed by atoms with E-state index in [1.165, 1.54) is 18.3 Å². The molecule has 3 aromatic rings. The van der Waals surface area contributed by atoms with Crippen LogP contribution in [-0.2, 0) is 6.54 Å². The number of aryl methyl sites for hydroxylation is 1. The summed E-state index contributed by atoms with van der Waals surface area (Å²) in [5, 5.41) is 5.13. The zero-order valence-electron chi connectivity index (χ0n) is 12.3. The van der Waals surface area contributed by atoms with Gasteiger partial charge in [0.25, 0.3) is 5.56 Å². The molecule has 6 heteroatoms. The van der Waals surface area contributed by atoms with Crippen molar-refractivity contribution < 1.29 is 4.79 Å². The third kappa shape index (κ3) is 2.78. The molecule has 22 heavy (non-hydrogen) atoms. The zero-order chi connectivity index (χ0) is 15.7. The number of fused-ring (bicyclic) bond motifs is 1. The van der Waals surface area contributed by atoms with Crippen LogP contribution < -0.4 is 10.9 Å². The van der Waals surface area contributed by atoms with Gasteiger partial charge in [0.05, 0.1) is 12.2 Å². The van der Waals surface area contributed by atoms with Crippen molar-refractivity contribution in [1.82, 2.24) is 9.38 Å². The summed E-state index contributed by atoms with van der Waals surface area (Å²) in [7, 11) is 0. The molecule has 2 heterocycles. The van der Waals surface area contributed by atoms with E-state index in [2.05, 4.69) is 10.3 Å². The van der Waals surface area contributed by atoms with Gasteiger partial charge in [-0.15, -0.1) is 11.3 Å². The minimum atomic E-state index is -0.0625. The Hall–Kier alpha value is -2.47. The maximum atomic E-state index is 12.1. The summed E-state index contributed by atoms with van der Waals surface area (Å²) < 4.78 is 1.61. The Labute approximate surface area is 131 Å². The Bertz CT molecular complexity index is 894. The topological polar surface area (TPSA) is 63.5 Å². The monoisotopic (exact) mass is 313 g/mol. The second-order valence-corrected chi connectivity index (χ2v) is 5.90. The smallest absolute Gasteiger partial charge is 0.259 e. The first-order valence-electron chi connectivity index (χ1n) is 6.86. The summed E-state index contributed by atoms with van der Waals surface area (Å²) in [6.07, 6.45) is 0. The molecule has 3 rings (SSSR count). The van der Waals surface area contributed by atoms with Crippen LogP contribution >= 0.6 is 11.3 Å². The molecule has 0 bridgehead atoms. The van der Waals surface area contributed by atoms with Crippen LogP contribution in [0.5, 0.6) is 0 Å². The number of ketones is 1. The minimum absolute atomic E-state index is 0.0414. The molecule has 0 atom stereocenters. The zero-order valence-corrected chi connectivity index (χ0v) is 13.1. The lowest BCUT2D eigenvalue weighted by Crippen LogP contribution is -2.16. The van der Waals surface area contributed by atoms with Gasteiger partial charge >= 0.3 is 0 Å². The van der Waals surface area contributed by atoms with Gasteiger partial charge in [-0.25, -0.2) is 4.98 Å². The molecule has 112 valence electrons. The van der Waals surface area contributed by atoms with Crippen LogP contribution in [0.3, 0.4) is 0 Å². The quantitative estimate of drug-likeness (QED) is 0.752. The molecule has 2 aromatic heterocycles. The number of rotatable bonds is 4. The summed E-state index contributed by atoms with van der Waals surface area (Å²) in [4.78, 5) is 28.5. The number of hydrogen-bond acceptors (Lipinski definition) is 5. The number of nitrogens with one attached hydrogen (secondary N) is 1. The van der Waals surface area contributed by atoms with Crippen LogP contribution in [0.4, 0.5) is 5.69 Å². The van der Waals surface area contributed by atoms with E-state index in [1.807, 2.05) is 24.4 Å². The molecule has 0 saturated carbocycles. The third-order valence-electron chi connectivity index (χ3n) is 3.39. The summed E-state index contributed by atoms with van der Waals surface area (Å²) in [5.41, 5.74) is 3.10. The van der Waals surface area contributed by atoms with E-state index < -0.39 is 0 Å². The van der Waals surface area contributed by atoms with Gasteiger partial charge in [-0.05, 0) is 38.1 Å². The highest BCUT2D eigenvalue weighted by Crippen LogP contribution is 2.13. The molecule has 0 saturated heterocycles. The molecule has 5 nitrogen and oxygen atoms in total. The standard InChI is InChI=1S/C16H15N3O2S/c1-10-9-22-16-18-14(7-15(21)19(10)16)8-17-13-5-3-12(4-6-13)11(2)20/h3-7,9,17H,8H2,1-2H3. The molecular weight excluding hydrogens is 298 g/mol. The van der Waals surface area contributed by atoms with Crippen molar-refractivity contribution in [3.8, 4) is 0 Å². The van der Waals surface area contributed by atoms with Crippen molar-refractivity contribution in [1.29, 1.82) is 0 Å². The molecule has 0 unspecified atom stereocenters. The van der Waals surface area contributed by atoms with Gasteiger partial charge in [0.15, 0.2) is 10.7 Å². The first-order chi connectivity index (χ1) is 10.5. The molecule has 0 fully saturated rings. The van der Waals surface area contributed by atoms with Crippen LogP contribution in [-0.4, -0.2) is 15.2 Å². The predicted octanol–water partition coefficient (Wildman–Crippen LogP) is 2.88. The van der Waals surface area contributed by atoms with E-state index in [4.69, 9.17) is 0 Å². The summed E-state index contributed by atoms with van der Waals surface area (Å²) in [6.45, 7) is 3.89. The molecule has 0 aliphatic rings. The van der Waals surface area contributed by atoms with Crippen LogP contribution in [0.25, 0.3) is 4.96 Å². The Morgan fingerprint density at radius 3 is 2.73 bits per heavy atom. The van der Waals surface area contributed by atoms with Crippen molar-refractivity contribution in [2.24, 2.45) is 0 Å². The second-order valence-electron chi connectivity index (χ2n) is 5.07. The Morgan fingerprint density at radius 1 is 1.32 bits per heavy atom. The maximum absolute atomic E-state index is 12.1. The Kier molecular flexibility index (Phi) is 3.77. The van der Waals surface area contributed by atoms with E-state index in [9.17, 15) is 9.59 Å². The van der Waals surface area contributed by atoms with Gasteiger partial charge in [0.1, 0.15) is 0 Å². The van der Waals surface area contributed by atoms with Gasteiger partial charge in [-0.3, -0.25) is 14.0 Å². The number of carbonyl (C=O) groups is 1. The van der Waals surface area contributed by atoms with E-state index >= 15 is 0 Å². The fraction of sp³-hybridized carbons (Fsp3) is 0.188. The first kappa shape index (κ1) is 14.5. The predicted molar refractivity (Wildman–Crippen MR) is 87.8 cm³/mol. The van der Waals surface area contributed by atoms with Crippen LogP contribution in [0.15, 0.2) is 40.5 Å². The highest BCUT2D eigenvalue weighted by atomic mass is 32.1. The van der Waals surface area contributed by atoms with E-state index in [-0.39, 0.29) is 11.3 Å². The number of thiazole rings is 1. The average molecular weight is 313 g/mol. The van der Waals surface area contributed by atoms with Crippen molar-refractivity contribution >= 4 is 27.8 Å². The lowest BCUT2D eigenvalue weighted by atomic mass is 10.1. The SMILES string of the molecule is CC(=O)c1ccc(NCc2cc(=O)n3c(C)csc3n2)cc1. The first-order valence-corrected chi connectivity index (χ1v) is 7.74. The molecule has 0 aliphatic heterocycles. The van der Waals surface area contributed by atoms with Crippen LogP contribution in [0.2, 0.25) is 0 Å². The van der Waals surface area contributed by atoms with E-state index in [0.717, 1.165) is 11.4 Å². The molecule has 0 spiro atoms. The highest BCUT2D eigenvalue weighted by molar-refractivity contribution is 7.15. The average Bonchev–Trinajstić information content (AvgIpc) is 2.87. The van der Waals surface area contributed by atoms with Crippen molar-refractivity contribution in [3.05, 3.63) is 63.0 Å². The second kappa shape index (κ2) is 5.73. The number of anilines is 1. The summed E-state index contributed by atoms with van der Waals surface area (Å²) >= 11 is 1.46. The van der Waals surface area contributed by atoms with Gasteiger partial charge < -0.3 is 5.32 Å². The molecule has 0 radical (unpaired) electrons. The third-order valence-corrected chi connectivity index (χ3v) is 4.34. The normalized spacial score (nSPS) is 10.8. The Morgan fingerprint density at radius 2 is 2.05 bits per heavy atom. The van der Waals surface area contributed by atoms with Crippen molar-refractivity contribution in [2.75, 3.05) is 5.32 Å². The van der Waals surface area contributed by atoms with Crippen LogP contribution in [0, 0.1) is 6.92 Å². The van der Waals surface area contributed by atoms with E-state index in [1.54, 1.807) is 22.6 Å². The molecule has 1 aromatic carbocycles. The van der Waals surface area contributed by atoms with Crippen molar-refractivity contribution in [3.63, 3.8) is 0 Å². The molecule has 0 aliphatic carbocycles. The number of carbonyl (C=O) groups excluding carboxylic acids is 1.